The zero-order valence-corrected chi connectivity index (χ0v) is 20.2. The Kier molecular flexibility index (Phi) is 6.20. The third-order valence-corrected chi connectivity index (χ3v) is 6.38. The molecule has 1 unspecified atom stereocenters. The van der Waals surface area contributed by atoms with Gasteiger partial charge in [-0.1, -0.05) is 23.7 Å². The van der Waals surface area contributed by atoms with Crippen LogP contribution in [-0.4, -0.2) is 44.2 Å². The topological polar surface area (TPSA) is 94.5 Å². The van der Waals surface area contributed by atoms with Gasteiger partial charge in [-0.2, -0.15) is 0 Å². The molecular formula is C27H22ClNO7. The molecular weight excluding hydrogens is 486 g/mol. The number of nitrogens with zero attached hydrogens (tertiary/aromatic N) is 1. The van der Waals surface area contributed by atoms with E-state index < -0.39 is 17.7 Å². The van der Waals surface area contributed by atoms with Gasteiger partial charge in [0.05, 0.1) is 30.9 Å². The van der Waals surface area contributed by atoms with Crippen molar-refractivity contribution in [3.05, 3.63) is 82.4 Å². The zero-order valence-electron chi connectivity index (χ0n) is 19.5. The average Bonchev–Trinajstić information content (AvgIpc) is 3.18. The predicted octanol–water partition coefficient (Wildman–Crippen LogP) is 4.75. The molecule has 1 N–H and O–H groups in total. The molecule has 1 fully saturated rings. The lowest BCUT2D eigenvalue weighted by molar-refractivity contribution is -0.132. The molecule has 0 spiro atoms. The Labute approximate surface area is 212 Å². The van der Waals surface area contributed by atoms with Crippen LogP contribution in [0.2, 0.25) is 5.02 Å². The van der Waals surface area contributed by atoms with Gasteiger partial charge in [-0.3, -0.25) is 14.5 Å². The average molecular weight is 508 g/mol. The summed E-state index contributed by atoms with van der Waals surface area (Å²) in [5, 5.41) is 11.6. The number of benzene rings is 3. The third-order valence-electron chi connectivity index (χ3n) is 6.08. The summed E-state index contributed by atoms with van der Waals surface area (Å²) in [4.78, 5) is 28.1. The van der Waals surface area contributed by atoms with E-state index in [9.17, 15) is 14.7 Å². The van der Waals surface area contributed by atoms with E-state index in [4.69, 9.17) is 30.5 Å². The van der Waals surface area contributed by atoms with Gasteiger partial charge >= 0.3 is 0 Å². The van der Waals surface area contributed by atoms with Crippen LogP contribution < -0.4 is 23.8 Å². The number of fused-ring (bicyclic) bond motifs is 1. The van der Waals surface area contributed by atoms with Crippen molar-refractivity contribution in [3.63, 3.8) is 0 Å². The standard InChI is InChI=1S/C27H22ClNO7/c1-33-18-5-3-4-15(12-18)24-23(25(30)16-6-8-20(34-2)19(28)13-16)26(31)27(32)29(24)17-7-9-21-22(14-17)36-11-10-35-21/h3-9,12-14,24,30H,10-11H2,1-2H3/b25-23+. The first kappa shape index (κ1) is 23.6. The summed E-state index contributed by atoms with van der Waals surface area (Å²) in [6, 6.07) is 15.7. The highest BCUT2D eigenvalue weighted by atomic mass is 35.5. The van der Waals surface area contributed by atoms with Gasteiger partial charge in [0.1, 0.15) is 30.5 Å². The molecule has 2 aliphatic rings. The Morgan fingerprint density at radius 1 is 0.972 bits per heavy atom. The molecule has 5 rings (SSSR count). The lowest BCUT2D eigenvalue weighted by Gasteiger charge is -2.27. The normalized spacial score (nSPS) is 18.3. The van der Waals surface area contributed by atoms with Crippen LogP contribution in [0.15, 0.2) is 66.2 Å². The molecule has 2 heterocycles. The number of carbonyl (C=O) groups is 2. The lowest BCUT2D eigenvalue weighted by atomic mass is 9.95. The number of aliphatic hydroxyl groups is 1. The highest BCUT2D eigenvalue weighted by molar-refractivity contribution is 6.51. The first-order valence-corrected chi connectivity index (χ1v) is 11.5. The Hall–Kier alpha value is -4.17. The van der Waals surface area contributed by atoms with Crippen molar-refractivity contribution >= 4 is 34.7 Å². The van der Waals surface area contributed by atoms with E-state index in [1.54, 1.807) is 54.6 Å². The summed E-state index contributed by atoms with van der Waals surface area (Å²) in [5.41, 5.74) is 1.18. The Morgan fingerprint density at radius 3 is 2.47 bits per heavy atom. The highest BCUT2D eigenvalue weighted by Gasteiger charge is 2.47. The summed E-state index contributed by atoms with van der Waals surface area (Å²) in [6.45, 7) is 0.790. The maximum atomic E-state index is 13.4. The fraction of sp³-hybridized carbons (Fsp3) is 0.185. The number of hydrogen-bond donors (Lipinski definition) is 1. The Balaban J connectivity index is 1.70. The molecule has 0 saturated carbocycles. The maximum Gasteiger partial charge on any atom is 0.300 e. The third kappa shape index (κ3) is 3.99. The summed E-state index contributed by atoms with van der Waals surface area (Å²) >= 11 is 6.27. The summed E-state index contributed by atoms with van der Waals surface area (Å²) in [6.07, 6.45) is 0. The number of Topliss-reactive ketones (excluding diaryl/α,β-unsaturated/α-hetero) is 1. The lowest BCUT2D eigenvalue weighted by Crippen LogP contribution is -2.29. The van der Waals surface area contributed by atoms with Crippen molar-refractivity contribution in [2.45, 2.75) is 6.04 Å². The monoisotopic (exact) mass is 507 g/mol. The van der Waals surface area contributed by atoms with Crippen molar-refractivity contribution in [2.24, 2.45) is 0 Å². The molecule has 0 aromatic heterocycles. The van der Waals surface area contributed by atoms with Crippen LogP contribution in [0.1, 0.15) is 17.2 Å². The van der Waals surface area contributed by atoms with Crippen LogP contribution in [0.4, 0.5) is 5.69 Å². The van der Waals surface area contributed by atoms with Crippen LogP contribution >= 0.6 is 11.6 Å². The molecule has 1 amide bonds. The fourth-order valence-corrected chi connectivity index (χ4v) is 4.63. The molecule has 1 saturated heterocycles. The minimum atomic E-state index is -0.941. The van der Waals surface area contributed by atoms with Gasteiger partial charge in [-0.25, -0.2) is 0 Å². The minimum absolute atomic E-state index is 0.0793. The van der Waals surface area contributed by atoms with E-state index in [2.05, 4.69) is 0 Å². The smallest absolute Gasteiger partial charge is 0.300 e. The molecule has 36 heavy (non-hydrogen) atoms. The van der Waals surface area contributed by atoms with Crippen LogP contribution in [0.5, 0.6) is 23.0 Å². The van der Waals surface area contributed by atoms with Crippen LogP contribution in [0, 0.1) is 0 Å². The Bertz CT molecular complexity index is 1400. The van der Waals surface area contributed by atoms with Crippen molar-refractivity contribution in [3.8, 4) is 23.0 Å². The van der Waals surface area contributed by atoms with Gasteiger partial charge in [-0.05, 0) is 48.0 Å². The van der Waals surface area contributed by atoms with Gasteiger partial charge in [0, 0.05) is 17.3 Å². The van der Waals surface area contributed by atoms with Crippen molar-refractivity contribution in [1.29, 1.82) is 0 Å². The Morgan fingerprint density at radius 2 is 1.75 bits per heavy atom. The number of amides is 1. The number of ketones is 1. The molecule has 0 radical (unpaired) electrons. The minimum Gasteiger partial charge on any atom is -0.507 e. The van der Waals surface area contributed by atoms with E-state index in [1.165, 1.54) is 25.2 Å². The number of halogens is 1. The summed E-state index contributed by atoms with van der Waals surface area (Å²) in [5.74, 6) is -0.0185. The van der Waals surface area contributed by atoms with E-state index >= 15 is 0 Å². The van der Waals surface area contributed by atoms with Gasteiger partial charge in [-0.15, -0.1) is 0 Å². The second-order valence-electron chi connectivity index (χ2n) is 8.12. The first-order valence-electron chi connectivity index (χ1n) is 11.1. The van der Waals surface area contributed by atoms with Gasteiger partial charge in [0.2, 0.25) is 0 Å². The molecule has 8 nitrogen and oxygen atoms in total. The SMILES string of the molecule is COc1cccc(C2/C(=C(\O)c3ccc(OC)c(Cl)c3)C(=O)C(=O)N2c2ccc3c(c2)OCCO3)c1. The second kappa shape index (κ2) is 9.47. The summed E-state index contributed by atoms with van der Waals surface area (Å²) in [7, 11) is 3.00. The number of carbonyl (C=O) groups excluding carboxylic acids is 2. The van der Waals surface area contributed by atoms with Crippen molar-refractivity contribution < 1.29 is 33.6 Å². The summed E-state index contributed by atoms with van der Waals surface area (Å²) < 4.78 is 21.8. The van der Waals surface area contributed by atoms with Gasteiger partial charge in [0.25, 0.3) is 11.7 Å². The first-order chi connectivity index (χ1) is 17.4. The number of ether oxygens (including phenoxy) is 4. The van der Waals surface area contributed by atoms with Gasteiger partial charge < -0.3 is 24.1 Å². The van der Waals surface area contributed by atoms with Crippen LogP contribution in [-0.2, 0) is 9.59 Å². The number of rotatable bonds is 5. The molecule has 1 atom stereocenters. The molecule has 3 aromatic rings. The zero-order chi connectivity index (χ0) is 25.4. The number of methoxy groups -OCH3 is 2. The van der Waals surface area contributed by atoms with E-state index in [0.717, 1.165) is 0 Å². The van der Waals surface area contributed by atoms with Crippen LogP contribution in [0.25, 0.3) is 5.76 Å². The molecule has 0 bridgehead atoms. The fourth-order valence-electron chi connectivity index (χ4n) is 4.38. The van der Waals surface area contributed by atoms with E-state index in [0.29, 0.717) is 47.5 Å². The largest absolute Gasteiger partial charge is 0.507 e. The van der Waals surface area contributed by atoms with E-state index in [-0.39, 0.29) is 21.9 Å². The molecule has 184 valence electrons. The number of aliphatic hydroxyl groups excluding tert-OH is 1. The molecule has 9 heteroatoms. The van der Waals surface area contributed by atoms with Crippen molar-refractivity contribution in [1.82, 2.24) is 0 Å². The number of anilines is 1. The van der Waals surface area contributed by atoms with E-state index in [1.807, 2.05) is 0 Å². The van der Waals surface area contributed by atoms with Crippen LogP contribution in [0.3, 0.4) is 0 Å². The number of hydrogen-bond acceptors (Lipinski definition) is 7. The predicted molar refractivity (Wildman–Crippen MR) is 133 cm³/mol. The quantitative estimate of drug-likeness (QED) is 0.302. The van der Waals surface area contributed by atoms with Crippen molar-refractivity contribution in [2.75, 3.05) is 32.3 Å². The highest BCUT2D eigenvalue weighted by Crippen LogP contribution is 2.45. The van der Waals surface area contributed by atoms with Gasteiger partial charge in [0.15, 0.2) is 11.5 Å². The molecule has 2 aliphatic heterocycles. The second-order valence-corrected chi connectivity index (χ2v) is 8.53. The maximum absolute atomic E-state index is 13.4. The molecule has 0 aliphatic carbocycles. The molecule has 3 aromatic carbocycles.